The van der Waals surface area contributed by atoms with Crippen LogP contribution in [0, 0.1) is 3.57 Å². The first kappa shape index (κ1) is 18.5. The van der Waals surface area contributed by atoms with Crippen molar-refractivity contribution in [3.63, 3.8) is 0 Å². The summed E-state index contributed by atoms with van der Waals surface area (Å²) in [5.74, 6) is 0. The molecule has 1 atom stereocenters. The van der Waals surface area contributed by atoms with Gasteiger partial charge in [-0.2, -0.15) is 5.10 Å². The van der Waals surface area contributed by atoms with E-state index < -0.39 is 0 Å². The summed E-state index contributed by atoms with van der Waals surface area (Å²) in [6.07, 6.45) is 0.868. The second kappa shape index (κ2) is 8.08. The van der Waals surface area contributed by atoms with Crippen molar-refractivity contribution in [3.8, 4) is 11.3 Å². The van der Waals surface area contributed by atoms with Crippen LogP contribution >= 0.6 is 33.9 Å². The summed E-state index contributed by atoms with van der Waals surface area (Å²) in [4.78, 5) is 4.93. The molecule has 4 aromatic rings. The average Bonchev–Trinajstić information content (AvgIpc) is 3.43. The first-order chi connectivity index (χ1) is 14.3. The summed E-state index contributed by atoms with van der Waals surface area (Å²) < 4.78 is 1.22. The minimum atomic E-state index is 0.155. The molecule has 1 aromatic heterocycles. The zero-order valence-corrected chi connectivity index (χ0v) is 18.5. The Balaban J connectivity index is 1.53. The molecule has 0 unspecified atom stereocenters. The number of hydrazone groups is 1. The second-order valence-electron chi connectivity index (χ2n) is 6.91. The number of rotatable bonds is 4. The van der Waals surface area contributed by atoms with Gasteiger partial charge in [-0.1, -0.05) is 72.8 Å². The molecule has 0 amide bonds. The van der Waals surface area contributed by atoms with Crippen LogP contribution in [0.1, 0.15) is 23.6 Å². The van der Waals surface area contributed by atoms with Gasteiger partial charge in [0.15, 0.2) is 0 Å². The first-order valence-electron chi connectivity index (χ1n) is 9.46. The summed E-state index contributed by atoms with van der Waals surface area (Å²) in [5, 5.41) is 10.1. The topological polar surface area (TPSA) is 28.5 Å². The molecule has 0 aliphatic carbocycles. The molecule has 0 fully saturated rings. The van der Waals surface area contributed by atoms with E-state index in [4.69, 9.17) is 10.1 Å². The van der Waals surface area contributed by atoms with Gasteiger partial charge in [0.2, 0.25) is 5.13 Å². The molecule has 29 heavy (non-hydrogen) atoms. The number of thiazole rings is 1. The van der Waals surface area contributed by atoms with Crippen molar-refractivity contribution in [1.82, 2.24) is 4.98 Å². The van der Waals surface area contributed by atoms with Gasteiger partial charge < -0.3 is 0 Å². The Labute approximate surface area is 187 Å². The molecule has 5 heteroatoms. The molecule has 0 bridgehead atoms. The van der Waals surface area contributed by atoms with E-state index >= 15 is 0 Å². The highest BCUT2D eigenvalue weighted by atomic mass is 127. The Morgan fingerprint density at radius 1 is 0.828 bits per heavy atom. The number of aromatic nitrogens is 1. The van der Waals surface area contributed by atoms with Gasteiger partial charge in [0, 0.05) is 20.9 Å². The zero-order valence-electron chi connectivity index (χ0n) is 15.6. The van der Waals surface area contributed by atoms with Crippen LogP contribution in [0.3, 0.4) is 0 Å². The lowest BCUT2D eigenvalue weighted by Gasteiger charge is -2.21. The van der Waals surface area contributed by atoms with Crippen LogP contribution in [0.25, 0.3) is 11.3 Å². The predicted octanol–water partition coefficient (Wildman–Crippen LogP) is 6.77. The van der Waals surface area contributed by atoms with Gasteiger partial charge in [-0.25, -0.2) is 9.99 Å². The van der Waals surface area contributed by atoms with E-state index in [1.54, 1.807) is 11.3 Å². The van der Waals surface area contributed by atoms with Gasteiger partial charge >= 0.3 is 0 Å². The Morgan fingerprint density at radius 3 is 2.24 bits per heavy atom. The summed E-state index contributed by atoms with van der Waals surface area (Å²) in [7, 11) is 0. The highest BCUT2D eigenvalue weighted by Crippen LogP contribution is 2.39. The van der Waals surface area contributed by atoms with Crippen LogP contribution in [0.15, 0.2) is 95.4 Å². The molecule has 3 nitrogen and oxygen atoms in total. The Bertz CT molecular complexity index is 1140. The number of nitrogens with zero attached hydrogens (tertiary/aromatic N) is 3. The predicted molar refractivity (Wildman–Crippen MR) is 130 cm³/mol. The van der Waals surface area contributed by atoms with Crippen molar-refractivity contribution in [2.75, 3.05) is 5.01 Å². The third-order valence-corrected chi connectivity index (χ3v) is 6.58. The molecular formula is C24H18IN3S. The molecule has 0 saturated carbocycles. The lowest BCUT2D eigenvalue weighted by molar-refractivity contribution is 0.706. The molecule has 0 N–H and O–H groups in total. The average molecular weight is 507 g/mol. The van der Waals surface area contributed by atoms with Gasteiger partial charge in [0.05, 0.1) is 17.4 Å². The SMILES string of the molecule is Ic1ccc(-c2csc(N3N=C(c4ccccc4)C[C@H]3c3ccccc3)n2)cc1. The highest BCUT2D eigenvalue weighted by Gasteiger charge is 2.31. The van der Waals surface area contributed by atoms with Gasteiger partial charge in [-0.15, -0.1) is 11.3 Å². The minimum absolute atomic E-state index is 0.155. The lowest BCUT2D eigenvalue weighted by atomic mass is 9.99. The van der Waals surface area contributed by atoms with Crippen LogP contribution in [0.2, 0.25) is 0 Å². The number of halogens is 1. The maximum atomic E-state index is 5.00. The summed E-state index contributed by atoms with van der Waals surface area (Å²) in [6, 6.07) is 29.6. The number of benzene rings is 3. The largest absolute Gasteiger partial charge is 0.231 e. The van der Waals surface area contributed by atoms with Crippen molar-refractivity contribution >= 4 is 44.8 Å². The van der Waals surface area contributed by atoms with Crippen LogP contribution < -0.4 is 5.01 Å². The van der Waals surface area contributed by atoms with Crippen LogP contribution in [-0.4, -0.2) is 10.7 Å². The smallest absolute Gasteiger partial charge is 0.207 e. The van der Waals surface area contributed by atoms with Gasteiger partial charge in [-0.3, -0.25) is 0 Å². The molecule has 1 aliphatic heterocycles. The van der Waals surface area contributed by atoms with Gasteiger partial charge in [0.1, 0.15) is 0 Å². The van der Waals surface area contributed by atoms with Crippen molar-refractivity contribution in [3.05, 3.63) is 105 Å². The molecule has 142 valence electrons. The summed E-state index contributed by atoms with van der Waals surface area (Å²) in [5.41, 5.74) is 5.66. The number of hydrogen-bond donors (Lipinski definition) is 0. The van der Waals surface area contributed by atoms with E-state index in [1.807, 2.05) is 6.07 Å². The summed E-state index contributed by atoms with van der Waals surface area (Å²) in [6.45, 7) is 0. The van der Waals surface area contributed by atoms with E-state index in [2.05, 4.69) is 112 Å². The zero-order chi connectivity index (χ0) is 19.6. The fraction of sp³-hybridized carbons (Fsp3) is 0.0833. The van der Waals surface area contributed by atoms with Crippen molar-refractivity contribution < 1.29 is 0 Å². The molecule has 3 aromatic carbocycles. The maximum absolute atomic E-state index is 5.00. The van der Waals surface area contributed by atoms with E-state index in [0.717, 1.165) is 28.5 Å². The molecule has 0 saturated heterocycles. The normalized spacial score (nSPS) is 16.1. The van der Waals surface area contributed by atoms with Gasteiger partial charge in [0.25, 0.3) is 0 Å². The Kier molecular flexibility index (Phi) is 5.16. The molecule has 1 aliphatic rings. The minimum Gasteiger partial charge on any atom is -0.231 e. The molecular weight excluding hydrogens is 489 g/mol. The molecule has 5 rings (SSSR count). The fourth-order valence-electron chi connectivity index (χ4n) is 3.55. The molecule has 2 heterocycles. The fourth-order valence-corrected chi connectivity index (χ4v) is 4.74. The Hall–Kier alpha value is -2.51. The molecule has 0 spiro atoms. The highest BCUT2D eigenvalue weighted by molar-refractivity contribution is 14.1. The van der Waals surface area contributed by atoms with E-state index in [9.17, 15) is 0 Å². The van der Waals surface area contributed by atoms with Crippen LogP contribution in [-0.2, 0) is 0 Å². The lowest BCUT2D eigenvalue weighted by Crippen LogP contribution is -2.18. The van der Waals surface area contributed by atoms with Gasteiger partial charge in [-0.05, 0) is 45.9 Å². The standard InChI is InChI=1S/C24H18IN3S/c25-20-13-11-18(12-14-20)22-16-29-24(26-22)28-23(19-9-5-2-6-10-19)15-21(27-28)17-7-3-1-4-8-17/h1-14,16,23H,15H2/t23-/m0/s1. The number of anilines is 1. The van der Waals surface area contributed by atoms with Crippen LogP contribution in [0.5, 0.6) is 0 Å². The van der Waals surface area contributed by atoms with Crippen LogP contribution in [0.4, 0.5) is 5.13 Å². The second-order valence-corrected chi connectivity index (χ2v) is 8.99. The monoisotopic (exact) mass is 507 g/mol. The maximum Gasteiger partial charge on any atom is 0.207 e. The number of hydrogen-bond acceptors (Lipinski definition) is 4. The first-order valence-corrected chi connectivity index (χ1v) is 11.4. The van der Waals surface area contributed by atoms with E-state index in [1.165, 1.54) is 14.7 Å². The quantitative estimate of drug-likeness (QED) is 0.285. The third kappa shape index (κ3) is 3.84. The van der Waals surface area contributed by atoms with Crippen molar-refractivity contribution in [1.29, 1.82) is 0 Å². The molecule has 0 radical (unpaired) electrons. The van der Waals surface area contributed by atoms with Crippen molar-refractivity contribution in [2.45, 2.75) is 12.5 Å². The van der Waals surface area contributed by atoms with E-state index in [0.29, 0.717) is 0 Å². The third-order valence-electron chi connectivity index (χ3n) is 5.03. The summed E-state index contributed by atoms with van der Waals surface area (Å²) >= 11 is 3.97. The van der Waals surface area contributed by atoms with Crippen molar-refractivity contribution in [2.24, 2.45) is 5.10 Å². The van der Waals surface area contributed by atoms with E-state index in [-0.39, 0.29) is 6.04 Å². The Morgan fingerprint density at radius 2 is 1.52 bits per heavy atom.